The first-order valence-electron chi connectivity index (χ1n) is 8.17. The lowest BCUT2D eigenvalue weighted by Gasteiger charge is -2.20. The number of alkyl halides is 3. The van der Waals surface area contributed by atoms with Crippen molar-refractivity contribution in [2.24, 2.45) is 0 Å². The van der Waals surface area contributed by atoms with Gasteiger partial charge in [-0.05, 0) is 61.4 Å². The molecule has 0 bridgehead atoms. The molecule has 1 N–H and O–H groups in total. The lowest BCUT2D eigenvalue weighted by molar-refractivity contribution is -0.137. The van der Waals surface area contributed by atoms with Crippen LogP contribution < -0.4 is 9.62 Å². The number of hydrogen-bond acceptors (Lipinski definition) is 3. The van der Waals surface area contributed by atoms with Crippen molar-refractivity contribution < 1.29 is 26.4 Å². The van der Waals surface area contributed by atoms with Gasteiger partial charge in [0.2, 0.25) is 10.0 Å². The normalized spacial score (nSPS) is 16.4. The first-order chi connectivity index (χ1) is 12.6. The molecule has 3 rings (SSSR count). The van der Waals surface area contributed by atoms with Crippen LogP contribution in [0.1, 0.15) is 27.9 Å². The van der Waals surface area contributed by atoms with Gasteiger partial charge in [0, 0.05) is 17.8 Å². The van der Waals surface area contributed by atoms with Gasteiger partial charge in [-0.2, -0.15) is 13.2 Å². The number of aryl methyl sites for hydroxylation is 1. The predicted octanol–water partition coefficient (Wildman–Crippen LogP) is 3.81. The molecular formula is C18H17F3N2O3S. The molecule has 0 spiro atoms. The van der Waals surface area contributed by atoms with E-state index in [1.165, 1.54) is 4.31 Å². The summed E-state index contributed by atoms with van der Waals surface area (Å²) in [5.41, 5.74) is 0.918. The average molecular weight is 398 g/mol. The van der Waals surface area contributed by atoms with Crippen molar-refractivity contribution in [2.75, 3.05) is 21.9 Å². The first-order valence-corrected chi connectivity index (χ1v) is 9.78. The van der Waals surface area contributed by atoms with Crippen LogP contribution in [0.3, 0.4) is 0 Å². The van der Waals surface area contributed by atoms with Crippen molar-refractivity contribution in [3.63, 3.8) is 0 Å². The molecule has 1 fully saturated rings. The fraction of sp³-hybridized carbons (Fsp3) is 0.278. The Morgan fingerprint density at radius 2 is 1.78 bits per heavy atom. The number of rotatable bonds is 3. The zero-order chi connectivity index (χ0) is 19.8. The molecule has 9 heteroatoms. The highest BCUT2D eigenvalue weighted by atomic mass is 32.2. The van der Waals surface area contributed by atoms with Crippen LogP contribution in [0.25, 0.3) is 0 Å². The number of benzene rings is 2. The number of carbonyl (C=O) groups excluding carboxylic acids is 1. The molecule has 2 aromatic rings. The summed E-state index contributed by atoms with van der Waals surface area (Å²) in [4.78, 5) is 12.2. The topological polar surface area (TPSA) is 66.5 Å². The van der Waals surface area contributed by atoms with Gasteiger partial charge in [0.15, 0.2) is 0 Å². The van der Waals surface area contributed by atoms with Gasteiger partial charge in [-0.25, -0.2) is 8.42 Å². The fourth-order valence-corrected chi connectivity index (χ4v) is 4.56. The van der Waals surface area contributed by atoms with Crippen LogP contribution >= 0.6 is 0 Å². The molecular weight excluding hydrogens is 381 g/mol. The third-order valence-corrected chi connectivity index (χ3v) is 6.15. The van der Waals surface area contributed by atoms with Crippen LogP contribution in [-0.2, 0) is 16.2 Å². The van der Waals surface area contributed by atoms with E-state index in [0.29, 0.717) is 29.9 Å². The van der Waals surface area contributed by atoms with E-state index in [2.05, 4.69) is 5.32 Å². The highest BCUT2D eigenvalue weighted by Gasteiger charge is 2.30. The van der Waals surface area contributed by atoms with E-state index in [4.69, 9.17) is 0 Å². The number of nitrogens with one attached hydrogen (secondary N) is 1. The van der Waals surface area contributed by atoms with E-state index in [0.717, 1.165) is 24.3 Å². The number of sulfonamides is 1. The second-order valence-corrected chi connectivity index (χ2v) is 8.29. The number of anilines is 2. The summed E-state index contributed by atoms with van der Waals surface area (Å²) in [5.74, 6) is -0.441. The largest absolute Gasteiger partial charge is 0.416 e. The Morgan fingerprint density at radius 3 is 2.30 bits per heavy atom. The van der Waals surface area contributed by atoms with E-state index < -0.39 is 27.7 Å². The van der Waals surface area contributed by atoms with Gasteiger partial charge < -0.3 is 5.32 Å². The van der Waals surface area contributed by atoms with Crippen LogP contribution in [0, 0.1) is 6.92 Å². The number of amides is 1. The second-order valence-electron chi connectivity index (χ2n) is 6.27. The molecule has 0 aromatic heterocycles. The van der Waals surface area contributed by atoms with Crippen molar-refractivity contribution in [3.8, 4) is 0 Å². The molecule has 1 saturated heterocycles. The molecule has 0 radical (unpaired) electrons. The molecule has 1 amide bonds. The van der Waals surface area contributed by atoms with Gasteiger partial charge in [0.25, 0.3) is 5.91 Å². The van der Waals surface area contributed by atoms with Gasteiger partial charge in [-0.3, -0.25) is 9.10 Å². The van der Waals surface area contributed by atoms with Crippen LogP contribution in [-0.4, -0.2) is 26.6 Å². The number of hydrogen-bond donors (Lipinski definition) is 1. The summed E-state index contributed by atoms with van der Waals surface area (Å²) < 4.78 is 63.2. The zero-order valence-electron chi connectivity index (χ0n) is 14.4. The second kappa shape index (κ2) is 6.88. The van der Waals surface area contributed by atoms with Crippen molar-refractivity contribution >= 4 is 27.3 Å². The van der Waals surface area contributed by atoms with Gasteiger partial charge in [-0.15, -0.1) is 0 Å². The van der Waals surface area contributed by atoms with Gasteiger partial charge >= 0.3 is 6.18 Å². The Kier molecular flexibility index (Phi) is 4.90. The Morgan fingerprint density at radius 1 is 1.11 bits per heavy atom. The van der Waals surface area contributed by atoms with E-state index in [-0.39, 0.29) is 11.3 Å². The van der Waals surface area contributed by atoms with Crippen LogP contribution in [0.15, 0.2) is 42.5 Å². The fourth-order valence-electron chi connectivity index (χ4n) is 2.94. The summed E-state index contributed by atoms with van der Waals surface area (Å²) >= 11 is 0. The van der Waals surface area contributed by atoms with Crippen LogP contribution in [0.5, 0.6) is 0 Å². The Balaban J connectivity index is 1.76. The smallest absolute Gasteiger partial charge is 0.322 e. The van der Waals surface area contributed by atoms with E-state index >= 15 is 0 Å². The number of nitrogens with zero attached hydrogens (tertiary/aromatic N) is 1. The zero-order valence-corrected chi connectivity index (χ0v) is 15.2. The van der Waals surface area contributed by atoms with Crippen LogP contribution in [0.2, 0.25) is 0 Å². The quantitative estimate of drug-likeness (QED) is 0.855. The molecule has 0 aliphatic carbocycles. The molecule has 27 heavy (non-hydrogen) atoms. The number of carbonyl (C=O) groups is 1. The summed E-state index contributed by atoms with van der Waals surface area (Å²) in [6.45, 7) is 2.15. The molecule has 5 nitrogen and oxygen atoms in total. The van der Waals surface area contributed by atoms with Crippen molar-refractivity contribution in [3.05, 3.63) is 59.2 Å². The van der Waals surface area contributed by atoms with E-state index in [9.17, 15) is 26.4 Å². The molecule has 1 heterocycles. The SMILES string of the molecule is Cc1cc(NC(=O)c2ccc(C(F)(F)F)cc2)ccc1N1CCCS1(=O)=O. The van der Waals surface area contributed by atoms with Crippen molar-refractivity contribution in [2.45, 2.75) is 19.5 Å². The maximum absolute atomic E-state index is 12.6. The molecule has 144 valence electrons. The molecule has 0 unspecified atom stereocenters. The molecule has 1 aliphatic heterocycles. The first kappa shape index (κ1) is 19.2. The molecule has 2 aromatic carbocycles. The number of halogens is 3. The summed E-state index contributed by atoms with van der Waals surface area (Å²) in [6, 6.07) is 8.72. The lowest BCUT2D eigenvalue weighted by atomic mass is 10.1. The van der Waals surface area contributed by atoms with Crippen molar-refractivity contribution in [1.82, 2.24) is 0 Å². The molecule has 1 aliphatic rings. The minimum absolute atomic E-state index is 0.0897. The highest BCUT2D eigenvalue weighted by Crippen LogP contribution is 2.30. The summed E-state index contributed by atoms with van der Waals surface area (Å²) in [6.07, 6.45) is -3.90. The average Bonchev–Trinajstić information content (AvgIpc) is 2.93. The monoisotopic (exact) mass is 398 g/mol. The van der Waals surface area contributed by atoms with Gasteiger partial charge in [0.1, 0.15) is 0 Å². The van der Waals surface area contributed by atoms with Gasteiger partial charge in [0.05, 0.1) is 17.0 Å². The molecule has 0 saturated carbocycles. The Bertz CT molecular complexity index is 970. The summed E-state index contributed by atoms with van der Waals surface area (Å²) in [5, 5.41) is 2.61. The minimum Gasteiger partial charge on any atom is -0.322 e. The third kappa shape index (κ3) is 4.08. The van der Waals surface area contributed by atoms with E-state index in [1.54, 1.807) is 25.1 Å². The van der Waals surface area contributed by atoms with Crippen LogP contribution in [0.4, 0.5) is 24.5 Å². The standard InChI is InChI=1S/C18H17F3N2O3S/c1-12-11-15(7-8-16(12)23-9-2-10-27(23,25)26)22-17(24)13-3-5-14(6-4-13)18(19,20)21/h3-8,11H,2,9-10H2,1H3,(H,22,24). The maximum Gasteiger partial charge on any atom is 0.416 e. The maximum atomic E-state index is 12.6. The van der Waals surface area contributed by atoms with E-state index in [1.807, 2.05) is 0 Å². The Labute approximate surface area is 154 Å². The third-order valence-electron chi connectivity index (χ3n) is 4.30. The summed E-state index contributed by atoms with van der Waals surface area (Å²) in [7, 11) is -3.30. The highest BCUT2D eigenvalue weighted by molar-refractivity contribution is 7.93. The lowest BCUT2D eigenvalue weighted by Crippen LogP contribution is -2.25. The Hall–Kier alpha value is -2.55. The minimum atomic E-state index is -4.46. The van der Waals surface area contributed by atoms with Crippen molar-refractivity contribution in [1.29, 1.82) is 0 Å². The molecule has 0 atom stereocenters. The predicted molar refractivity (Wildman–Crippen MR) is 96.3 cm³/mol. The van der Waals surface area contributed by atoms with Gasteiger partial charge in [-0.1, -0.05) is 0 Å².